The van der Waals surface area contributed by atoms with E-state index >= 15 is 0 Å². The van der Waals surface area contributed by atoms with Gasteiger partial charge in [0.05, 0.1) is 0 Å². The van der Waals surface area contributed by atoms with Crippen LogP contribution in [0.4, 0.5) is 0 Å². The first-order valence-corrected chi connectivity index (χ1v) is 4.42. The summed E-state index contributed by atoms with van der Waals surface area (Å²) in [6.07, 6.45) is 0.848. The van der Waals surface area contributed by atoms with Crippen LogP contribution in [-0.4, -0.2) is 11.7 Å². The van der Waals surface area contributed by atoms with E-state index in [1.807, 2.05) is 20.8 Å². The predicted molar refractivity (Wildman–Crippen MR) is 37.9 cm³/mol. The summed E-state index contributed by atoms with van der Waals surface area (Å²) < 4.78 is 20.7. The normalized spacial score (nSPS) is 35.9. The zero-order valence-corrected chi connectivity index (χ0v) is 7.35. The van der Waals surface area contributed by atoms with Gasteiger partial charge in [0, 0.05) is 11.0 Å². The minimum absolute atomic E-state index is 0.0485. The smallest absolute Gasteiger partial charge is 0.116 e. The Morgan fingerprint density at radius 1 is 1.60 bits per heavy atom. The summed E-state index contributed by atoms with van der Waals surface area (Å²) >= 11 is 0. The largest absolute Gasteiger partial charge is 0.698 e. The van der Waals surface area contributed by atoms with Crippen LogP contribution in [0.3, 0.4) is 0 Å². The molecule has 0 aliphatic carbocycles. The average Bonchev–Trinajstić information content (AvgIpc) is 1.54. The molecule has 0 aromatic heterocycles. The summed E-state index contributed by atoms with van der Waals surface area (Å²) in [6, 6.07) is 0. The molecule has 1 fully saturated rings. The van der Waals surface area contributed by atoms with Crippen molar-refractivity contribution in [2.45, 2.75) is 38.9 Å². The Hall–Kier alpha value is 0.0200. The number of hydrogen-bond acceptors (Lipinski definition) is 3. The lowest BCUT2D eigenvalue weighted by Crippen LogP contribution is -2.31. The molecule has 0 N–H and O–H groups in total. The van der Waals surface area contributed by atoms with Crippen LogP contribution in [0.25, 0.3) is 0 Å². The highest BCUT2D eigenvalue weighted by Crippen LogP contribution is 2.41. The van der Waals surface area contributed by atoms with Crippen LogP contribution in [-0.2, 0) is 13.6 Å². The van der Waals surface area contributed by atoms with Crippen molar-refractivity contribution in [3.05, 3.63) is 0 Å². The SMILES string of the molecule is CC1CC(C)(C)O[P+](=O)O1. The Balaban J connectivity index is 2.59. The van der Waals surface area contributed by atoms with Gasteiger partial charge in [-0.3, -0.25) is 0 Å². The van der Waals surface area contributed by atoms with Crippen molar-refractivity contribution in [2.75, 3.05) is 0 Å². The molecule has 1 aliphatic heterocycles. The molecule has 0 radical (unpaired) electrons. The Morgan fingerprint density at radius 3 is 2.60 bits per heavy atom. The molecule has 4 heteroatoms. The van der Waals surface area contributed by atoms with Crippen LogP contribution in [0, 0.1) is 0 Å². The van der Waals surface area contributed by atoms with Gasteiger partial charge in [-0.2, -0.15) is 0 Å². The molecule has 1 rings (SSSR count). The average molecular weight is 163 g/mol. The monoisotopic (exact) mass is 163 g/mol. The van der Waals surface area contributed by atoms with Gasteiger partial charge >= 0.3 is 8.25 Å². The van der Waals surface area contributed by atoms with E-state index in [1.165, 1.54) is 0 Å². The quantitative estimate of drug-likeness (QED) is 0.514. The van der Waals surface area contributed by atoms with Crippen LogP contribution in [0.2, 0.25) is 0 Å². The highest BCUT2D eigenvalue weighted by molar-refractivity contribution is 7.33. The van der Waals surface area contributed by atoms with Crippen molar-refractivity contribution in [1.29, 1.82) is 0 Å². The Labute approximate surface area is 61.7 Å². The first-order chi connectivity index (χ1) is 4.49. The van der Waals surface area contributed by atoms with Crippen molar-refractivity contribution in [2.24, 2.45) is 0 Å². The summed E-state index contributed by atoms with van der Waals surface area (Å²) in [6.45, 7) is 5.73. The van der Waals surface area contributed by atoms with E-state index in [9.17, 15) is 4.57 Å². The van der Waals surface area contributed by atoms with Crippen LogP contribution >= 0.6 is 8.25 Å². The molecular weight excluding hydrogens is 151 g/mol. The van der Waals surface area contributed by atoms with Crippen molar-refractivity contribution in [3.63, 3.8) is 0 Å². The van der Waals surface area contributed by atoms with Crippen LogP contribution in [0.1, 0.15) is 27.2 Å². The lowest BCUT2D eigenvalue weighted by Gasteiger charge is -2.23. The first kappa shape index (κ1) is 8.12. The fraction of sp³-hybridized carbons (Fsp3) is 1.00. The van der Waals surface area contributed by atoms with Gasteiger partial charge in [-0.05, 0) is 20.8 Å². The molecule has 0 saturated carbocycles. The zero-order valence-electron chi connectivity index (χ0n) is 6.46. The Kier molecular flexibility index (Phi) is 2.09. The number of rotatable bonds is 0. The minimum Gasteiger partial charge on any atom is -0.116 e. The van der Waals surface area contributed by atoms with Gasteiger partial charge < -0.3 is 0 Å². The third-order valence-corrected chi connectivity index (χ3v) is 2.54. The molecule has 1 saturated heterocycles. The van der Waals surface area contributed by atoms with E-state index in [4.69, 9.17) is 9.05 Å². The molecule has 2 unspecified atom stereocenters. The second-order valence-electron chi connectivity index (χ2n) is 3.19. The predicted octanol–water partition coefficient (Wildman–Crippen LogP) is 2.25. The maximum absolute atomic E-state index is 10.8. The van der Waals surface area contributed by atoms with Gasteiger partial charge in [0.2, 0.25) is 0 Å². The maximum Gasteiger partial charge on any atom is 0.698 e. The van der Waals surface area contributed by atoms with Crippen molar-refractivity contribution < 1.29 is 13.6 Å². The summed E-state index contributed by atoms with van der Waals surface area (Å²) in [4.78, 5) is 0. The molecule has 0 spiro atoms. The number of hydrogen-bond donors (Lipinski definition) is 0. The van der Waals surface area contributed by atoms with Gasteiger partial charge in [-0.1, -0.05) is 0 Å². The molecular formula is C6H12O3P+. The lowest BCUT2D eigenvalue weighted by atomic mass is 10.0. The van der Waals surface area contributed by atoms with Gasteiger partial charge in [-0.25, -0.2) is 0 Å². The molecule has 3 nitrogen and oxygen atoms in total. The van der Waals surface area contributed by atoms with Crippen molar-refractivity contribution >= 4 is 8.25 Å². The van der Waals surface area contributed by atoms with E-state index in [1.54, 1.807) is 0 Å². The summed E-state index contributed by atoms with van der Waals surface area (Å²) in [5.74, 6) is 0. The van der Waals surface area contributed by atoms with E-state index in [2.05, 4.69) is 0 Å². The fourth-order valence-electron chi connectivity index (χ4n) is 1.14. The first-order valence-electron chi connectivity index (χ1n) is 3.33. The standard InChI is InChI=1S/C6H12O3P/c1-5-4-6(2,3)9-10(7)8-5/h5H,4H2,1-3H3/q+1. The van der Waals surface area contributed by atoms with Gasteiger partial charge in [-0.15, -0.1) is 9.05 Å². The Morgan fingerprint density at radius 2 is 2.20 bits per heavy atom. The van der Waals surface area contributed by atoms with E-state index in [0.717, 1.165) is 6.42 Å². The van der Waals surface area contributed by atoms with Gasteiger partial charge in [0.1, 0.15) is 11.7 Å². The highest BCUT2D eigenvalue weighted by atomic mass is 31.1. The third-order valence-electron chi connectivity index (χ3n) is 1.37. The van der Waals surface area contributed by atoms with E-state index < -0.39 is 8.25 Å². The molecule has 0 bridgehead atoms. The second-order valence-corrected chi connectivity index (χ2v) is 4.04. The minimum atomic E-state index is -1.87. The zero-order chi connectivity index (χ0) is 7.78. The topological polar surface area (TPSA) is 35.5 Å². The molecule has 0 aromatic carbocycles. The third kappa shape index (κ3) is 2.01. The van der Waals surface area contributed by atoms with Crippen molar-refractivity contribution in [3.8, 4) is 0 Å². The molecule has 1 heterocycles. The Bertz CT molecular complexity index is 155. The summed E-state index contributed by atoms with van der Waals surface area (Å²) in [5, 5.41) is 0. The van der Waals surface area contributed by atoms with Gasteiger partial charge in [0.25, 0.3) is 0 Å². The molecule has 58 valence electrons. The van der Waals surface area contributed by atoms with Crippen molar-refractivity contribution in [1.82, 2.24) is 0 Å². The fourth-order valence-corrected chi connectivity index (χ4v) is 2.03. The van der Waals surface area contributed by atoms with E-state index in [-0.39, 0.29) is 11.7 Å². The summed E-state index contributed by atoms with van der Waals surface area (Å²) in [5.41, 5.74) is -0.287. The van der Waals surface area contributed by atoms with Crippen LogP contribution in [0.5, 0.6) is 0 Å². The lowest BCUT2D eigenvalue weighted by molar-refractivity contribution is -0.00160. The molecule has 2 atom stereocenters. The van der Waals surface area contributed by atoms with Crippen LogP contribution < -0.4 is 0 Å². The van der Waals surface area contributed by atoms with Crippen LogP contribution in [0.15, 0.2) is 0 Å². The molecule has 10 heavy (non-hydrogen) atoms. The van der Waals surface area contributed by atoms with E-state index in [0.29, 0.717) is 0 Å². The second kappa shape index (κ2) is 2.57. The summed E-state index contributed by atoms with van der Waals surface area (Å²) in [7, 11) is -1.87. The highest BCUT2D eigenvalue weighted by Gasteiger charge is 2.43. The van der Waals surface area contributed by atoms with Gasteiger partial charge in [0.15, 0.2) is 0 Å². The maximum atomic E-state index is 10.8. The molecule has 0 amide bonds. The molecule has 0 aromatic rings. The molecule has 1 aliphatic rings.